The molecule has 0 N–H and O–H groups in total. The number of benzene rings is 2. The lowest BCUT2D eigenvalue weighted by molar-refractivity contribution is -0.138. The summed E-state index contributed by atoms with van der Waals surface area (Å²) in [5.74, 6) is -1.76. The van der Waals surface area contributed by atoms with Crippen LogP contribution in [0.15, 0.2) is 53.6 Å². The van der Waals surface area contributed by atoms with Gasteiger partial charge in [-0.2, -0.15) is 18.4 Å². The van der Waals surface area contributed by atoms with E-state index in [4.69, 9.17) is 5.26 Å². The third-order valence-corrected chi connectivity index (χ3v) is 7.53. The Morgan fingerprint density at radius 3 is 2.22 bits per heavy atom. The fourth-order valence-electron chi connectivity index (χ4n) is 5.16. The molecule has 7 nitrogen and oxygen atoms in total. The number of hydrogen-bond donors (Lipinski definition) is 0. The number of nitriles is 1. The summed E-state index contributed by atoms with van der Waals surface area (Å²) < 4.78 is 53.3. The SMILES string of the molecule is CC1=C(CCCCCCN2CCN(C(=O)c3ccc(F)cc3)CC2)C(=O)N(c2ccc(C#N)c(C(F)(F)F)c2)C1=O. The molecular weight excluding hydrogens is 540 g/mol. The fraction of sp³-hybridized carbons (Fsp3) is 0.400. The summed E-state index contributed by atoms with van der Waals surface area (Å²) in [6.45, 7) is 5.06. The minimum Gasteiger partial charge on any atom is -0.336 e. The van der Waals surface area contributed by atoms with Gasteiger partial charge in [-0.15, -0.1) is 0 Å². The van der Waals surface area contributed by atoms with Crippen molar-refractivity contribution >= 4 is 23.4 Å². The molecule has 4 rings (SSSR count). The van der Waals surface area contributed by atoms with E-state index in [1.54, 1.807) is 4.90 Å². The molecule has 2 aromatic carbocycles. The second-order valence-electron chi connectivity index (χ2n) is 10.2. The normalized spacial score (nSPS) is 16.5. The monoisotopic (exact) mass is 570 g/mol. The zero-order valence-electron chi connectivity index (χ0n) is 22.6. The van der Waals surface area contributed by atoms with Crippen molar-refractivity contribution in [2.24, 2.45) is 0 Å². The zero-order valence-corrected chi connectivity index (χ0v) is 22.6. The number of halogens is 4. The molecule has 0 aromatic heterocycles. The average Bonchev–Trinajstić information content (AvgIpc) is 3.17. The molecule has 0 unspecified atom stereocenters. The highest BCUT2D eigenvalue weighted by molar-refractivity contribution is 6.32. The minimum absolute atomic E-state index is 0.104. The van der Waals surface area contributed by atoms with Crippen LogP contribution < -0.4 is 4.90 Å². The van der Waals surface area contributed by atoms with Gasteiger partial charge in [-0.1, -0.05) is 12.8 Å². The number of carbonyl (C=O) groups excluding carboxylic acids is 3. The Morgan fingerprint density at radius 2 is 1.59 bits per heavy atom. The lowest BCUT2D eigenvalue weighted by Gasteiger charge is -2.34. The van der Waals surface area contributed by atoms with Gasteiger partial charge in [-0.3, -0.25) is 19.3 Å². The smallest absolute Gasteiger partial charge is 0.336 e. The molecule has 0 radical (unpaired) electrons. The van der Waals surface area contributed by atoms with Gasteiger partial charge >= 0.3 is 6.18 Å². The maximum Gasteiger partial charge on any atom is 0.417 e. The highest BCUT2D eigenvalue weighted by Crippen LogP contribution is 2.37. The molecule has 1 fully saturated rings. The van der Waals surface area contributed by atoms with Crippen LogP contribution in [0.1, 0.15) is 60.5 Å². The van der Waals surface area contributed by atoms with Crippen LogP contribution in [0.2, 0.25) is 0 Å². The highest BCUT2D eigenvalue weighted by atomic mass is 19.4. The van der Waals surface area contributed by atoms with Crippen molar-refractivity contribution in [2.45, 2.75) is 45.2 Å². The molecule has 2 aliphatic rings. The number of rotatable bonds is 9. The Labute approximate surface area is 235 Å². The molecule has 0 aliphatic carbocycles. The molecule has 41 heavy (non-hydrogen) atoms. The van der Waals surface area contributed by atoms with Gasteiger partial charge in [-0.25, -0.2) is 9.29 Å². The maximum absolute atomic E-state index is 13.4. The minimum atomic E-state index is -4.80. The number of nitrogens with zero attached hydrogens (tertiary/aromatic N) is 4. The van der Waals surface area contributed by atoms with Crippen molar-refractivity contribution in [3.8, 4) is 6.07 Å². The topological polar surface area (TPSA) is 84.7 Å². The average molecular weight is 571 g/mol. The second kappa shape index (κ2) is 12.6. The lowest BCUT2D eigenvalue weighted by atomic mass is 10.0. The van der Waals surface area contributed by atoms with Crippen molar-refractivity contribution in [3.63, 3.8) is 0 Å². The molecule has 3 amide bonds. The van der Waals surface area contributed by atoms with Gasteiger partial charge in [0.05, 0.1) is 22.9 Å². The molecule has 11 heteroatoms. The van der Waals surface area contributed by atoms with Gasteiger partial charge in [0, 0.05) is 42.9 Å². The molecular formula is C30H30F4N4O3. The van der Waals surface area contributed by atoms with E-state index in [-0.39, 0.29) is 23.0 Å². The molecule has 2 heterocycles. The number of unbranched alkanes of at least 4 members (excludes halogenated alkanes) is 3. The highest BCUT2D eigenvalue weighted by Gasteiger charge is 2.39. The number of carbonyl (C=O) groups is 3. The van der Waals surface area contributed by atoms with E-state index >= 15 is 0 Å². The zero-order chi connectivity index (χ0) is 29.7. The first kappa shape index (κ1) is 29.9. The molecule has 0 saturated carbocycles. The predicted molar refractivity (Wildman–Crippen MR) is 143 cm³/mol. The fourth-order valence-corrected chi connectivity index (χ4v) is 5.16. The van der Waals surface area contributed by atoms with Crippen LogP contribution in [0.25, 0.3) is 0 Å². The van der Waals surface area contributed by atoms with Gasteiger partial charge < -0.3 is 4.90 Å². The maximum atomic E-state index is 13.4. The Hall–Kier alpha value is -4.04. The van der Waals surface area contributed by atoms with E-state index in [2.05, 4.69) is 4.90 Å². The van der Waals surface area contributed by atoms with Crippen LogP contribution in [0.3, 0.4) is 0 Å². The molecule has 216 valence electrons. The Morgan fingerprint density at radius 1 is 0.927 bits per heavy atom. The summed E-state index contributed by atoms with van der Waals surface area (Å²) in [5.41, 5.74) is -0.981. The quantitative estimate of drug-likeness (QED) is 0.232. The Kier molecular flexibility index (Phi) is 9.23. The van der Waals surface area contributed by atoms with E-state index in [9.17, 15) is 31.9 Å². The van der Waals surface area contributed by atoms with Gasteiger partial charge in [0.2, 0.25) is 0 Å². The van der Waals surface area contributed by atoms with Crippen LogP contribution in [0.5, 0.6) is 0 Å². The Bertz CT molecular complexity index is 1390. The number of alkyl halides is 3. The van der Waals surface area contributed by atoms with Crippen LogP contribution >= 0.6 is 0 Å². The summed E-state index contributed by atoms with van der Waals surface area (Å²) >= 11 is 0. The van der Waals surface area contributed by atoms with Gasteiger partial charge in [-0.05, 0) is 75.2 Å². The Balaban J connectivity index is 1.20. The molecule has 1 saturated heterocycles. The number of amides is 3. The summed E-state index contributed by atoms with van der Waals surface area (Å²) in [5, 5.41) is 9.00. The van der Waals surface area contributed by atoms with Gasteiger partial charge in [0.1, 0.15) is 5.82 Å². The predicted octanol–water partition coefficient (Wildman–Crippen LogP) is 5.31. The molecule has 0 bridgehead atoms. The molecule has 0 spiro atoms. The van der Waals surface area contributed by atoms with Crippen molar-refractivity contribution in [2.75, 3.05) is 37.6 Å². The standard InChI is InChI=1S/C30H30F4N4O3/c1-20-25(29(41)38(27(20)39)24-12-9-22(19-35)26(18-24)30(32,33)34)6-4-2-3-5-13-36-14-16-37(17-15-36)28(40)21-7-10-23(31)11-8-21/h7-12,18H,2-6,13-17H2,1H3. The number of hydrogen-bond acceptors (Lipinski definition) is 5. The lowest BCUT2D eigenvalue weighted by Crippen LogP contribution is -2.48. The van der Waals surface area contributed by atoms with Crippen LogP contribution in [-0.4, -0.2) is 60.2 Å². The summed E-state index contributed by atoms with van der Waals surface area (Å²) in [7, 11) is 0. The summed E-state index contributed by atoms with van der Waals surface area (Å²) in [4.78, 5) is 43.2. The van der Waals surface area contributed by atoms with Crippen LogP contribution in [0.4, 0.5) is 23.2 Å². The first-order chi connectivity index (χ1) is 19.5. The van der Waals surface area contributed by atoms with E-state index in [0.29, 0.717) is 43.1 Å². The van der Waals surface area contributed by atoms with E-state index in [1.807, 2.05) is 0 Å². The van der Waals surface area contributed by atoms with E-state index in [1.165, 1.54) is 43.3 Å². The summed E-state index contributed by atoms with van der Waals surface area (Å²) in [6.07, 6.45) is -1.16. The van der Waals surface area contributed by atoms with Crippen molar-refractivity contribution in [1.29, 1.82) is 5.26 Å². The number of anilines is 1. The largest absolute Gasteiger partial charge is 0.417 e. The molecule has 2 aliphatic heterocycles. The third-order valence-electron chi connectivity index (χ3n) is 7.53. The van der Waals surface area contributed by atoms with E-state index in [0.717, 1.165) is 49.9 Å². The van der Waals surface area contributed by atoms with E-state index < -0.39 is 29.1 Å². The van der Waals surface area contributed by atoms with Gasteiger partial charge in [0.25, 0.3) is 17.7 Å². The van der Waals surface area contributed by atoms with Crippen LogP contribution in [0, 0.1) is 17.1 Å². The van der Waals surface area contributed by atoms with Crippen molar-refractivity contribution < 1.29 is 31.9 Å². The van der Waals surface area contributed by atoms with Crippen molar-refractivity contribution in [3.05, 3.63) is 76.1 Å². The van der Waals surface area contributed by atoms with Crippen LogP contribution in [-0.2, 0) is 15.8 Å². The van der Waals surface area contributed by atoms with Gasteiger partial charge in [0.15, 0.2) is 0 Å². The molecule has 0 atom stereocenters. The van der Waals surface area contributed by atoms with Crippen molar-refractivity contribution in [1.82, 2.24) is 9.80 Å². The first-order valence-corrected chi connectivity index (χ1v) is 13.5. The number of piperazine rings is 1. The third kappa shape index (κ3) is 6.82. The second-order valence-corrected chi connectivity index (χ2v) is 10.2. The number of imide groups is 1. The molecule has 2 aromatic rings. The summed E-state index contributed by atoms with van der Waals surface area (Å²) in [6, 6.07) is 9.85. The first-order valence-electron chi connectivity index (χ1n) is 13.5.